The number of benzene rings is 1. The molecule has 1 atom stereocenters. The molecular weight excluding hydrogens is 226 g/mol. The zero-order valence-corrected chi connectivity index (χ0v) is 11.3. The Bertz CT molecular complexity index is 371. The van der Waals surface area contributed by atoms with Crippen LogP contribution in [-0.4, -0.2) is 30.4 Å². The lowest BCUT2D eigenvalue weighted by Crippen LogP contribution is -2.48. The van der Waals surface area contributed by atoms with Crippen LogP contribution in [0.15, 0.2) is 24.3 Å². The van der Waals surface area contributed by atoms with Crippen molar-refractivity contribution in [3.63, 3.8) is 0 Å². The minimum Gasteiger partial charge on any atom is -0.497 e. The van der Waals surface area contributed by atoms with Gasteiger partial charge in [0.15, 0.2) is 0 Å². The summed E-state index contributed by atoms with van der Waals surface area (Å²) < 4.78 is 5.14. The van der Waals surface area contributed by atoms with Gasteiger partial charge in [-0.15, -0.1) is 0 Å². The van der Waals surface area contributed by atoms with Crippen LogP contribution in [0.4, 0.5) is 0 Å². The molecular formula is C15H23NO2. The van der Waals surface area contributed by atoms with Crippen LogP contribution in [0.3, 0.4) is 0 Å². The number of hydrogen-bond acceptors (Lipinski definition) is 3. The molecule has 0 saturated heterocycles. The molecule has 3 nitrogen and oxygen atoms in total. The molecule has 0 spiro atoms. The second kappa shape index (κ2) is 5.72. The molecule has 0 heterocycles. The summed E-state index contributed by atoms with van der Waals surface area (Å²) in [4.78, 5) is 0. The van der Waals surface area contributed by atoms with Crippen LogP contribution in [0.2, 0.25) is 0 Å². The van der Waals surface area contributed by atoms with Crippen molar-refractivity contribution < 1.29 is 9.84 Å². The molecule has 0 amide bonds. The molecule has 1 saturated carbocycles. The molecule has 2 rings (SSSR count). The first kappa shape index (κ1) is 13.4. The average molecular weight is 249 g/mol. The van der Waals surface area contributed by atoms with E-state index in [4.69, 9.17) is 4.74 Å². The predicted octanol–water partition coefficient (Wildman–Crippen LogP) is 2.13. The molecule has 0 aromatic heterocycles. The molecule has 18 heavy (non-hydrogen) atoms. The Hall–Kier alpha value is -1.06. The molecule has 1 aromatic rings. The van der Waals surface area contributed by atoms with Gasteiger partial charge in [0.2, 0.25) is 0 Å². The highest BCUT2D eigenvalue weighted by Gasteiger charge is 2.34. The Morgan fingerprint density at radius 1 is 1.33 bits per heavy atom. The zero-order chi connectivity index (χ0) is 13.0. The number of nitrogens with one attached hydrogen (secondary N) is 1. The van der Waals surface area contributed by atoms with Crippen LogP contribution in [0, 0.1) is 0 Å². The third kappa shape index (κ3) is 3.47. The highest BCUT2D eigenvalue weighted by atomic mass is 16.5. The van der Waals surface area contributed by atoms with E-state index in [9.17, 15) is 5.11 Å². The fraction of sp³-hybridized carbons (Fsp3) is 0.600. The van der Waals surface area contributed by atoms with Crippen LogP contribution in [-0.2, 0) is 6.42 Å². The summed E-state index contributed by atoms with van der Waals surface area (Å²) in [5.74, 6) is 0.892. The van der Waals surface area contributed by atoms with Gasteiger partial charge in [0, 0.05) is 12.6 Å². The quantitative estimate of drug-likeness (QED) is 0.811. The van der Waals surface area contributed by atoms with Crippen molar-refractivity contribution in [1.29, 1.82) is 0 Å². The van der Waals surface area contributed by atoms with E-state index < -0.39 is 5.60 Å². The predicted molar refractivity (Wildman–Crippen MR) is 73.0 cm³/mol. The fourth-order valence-corrected chi connectivity index (χ4v) is 2.31. The molecule has 2 N–H and O–H groups in total. The second-order valence-corrected chi connectivity index (χ2v) is 5.41. The molecule has 1 aliphatic carbocycles. The van der Waals surface area contributed by atoms with Crippen molar-refractivity contribution in [3.8, 4) is 5.75 Å². The van der Waals surface area contributed by atoms with Crippen molar-refractivity contribution in [2.75, 3.05) is 13.7 Å². The summed E-state index contributed by atoms with van der Waals surface area (Å²) >= 11 is 0. The van der Waals surface area contributed by atoms with E-state index in [1.54, 1.807) is 7.11 Å². The molecule has 3 heteroatoms. The fourth-order valence-electron chi connectivity index (χ4n) is 2.31. The van der Waals surface area contributed by atoms with Gasteiger partial charge in [0.05, 0.1) is 12.7 Å². The Morgan fingerprint density at radius 3 is 2.50 bits per heavy atom. The highest BCUT2D eigenvalue weighted by molar-refractivity contribution is 5.27. The topological polar surface area (TPSA) is 41.5 Å². The lowest BCUT2D eigenvalue weighted by molar-refractivity contribution is -0.0328. The number of rotatable bonds is 6. The average Bonchev–Trinajstić information content (AvgIpc) is 2.35. The maximum atomic E-state index is 10.0. The summed E-state index contributed by atoms with van der Waals surface area (Å²) in [6.07, 6.45) is 4.01. The van der Waals surface area contributed by atoms with Crippen LogP contribution in [0.25, 0.3) is 0 Å². The SMILES string of the molecule is COc1ccc(CC(C)NCC2(O)CCC2)cc1. The summed E-state index contributed by atoms with van der Waals surface area (Å²) in [5.41, 5.74) is 0.852. The summed E-state index contributed by atoms with van der Waals surface area (Å²) in [6, 6.07) is 8.54. The number of methoxy groups -OCH3 is 1. The van der Waals surface area contributed by atoms with E-state index in [2.05, 4.69) is 24.4 Å². The van der Waals surface area contributed by atoms with Gasteiger partial charge in [0.1, 0.15) is 5.75 Å². The normalized spacial score (nSPS) is 19.1. The van der Waals surface area contributed by atoms with E-state index >= 15 is 0 Å². The maximum Gasteiger partial charge on any atom is 0.118 e. The molecule has 0 aliphatic heterocycles. The Morgan fingerprint density at radius 2 is 2.00 bits per heavy atom. The molecule has 1 aromatic carbocycles. The number of hydrogen-bond donors (Lipinski definition) is 2. The molecule has 0 bridgehead atoms. The van der Waals surface area contributed by atoms with Gasteiger partial charge < -0.3 is 15.2 Å². The van der Waals surface area contributed by atoms with E-state index in [1.165, 1.54) is 5.56 Å². The van der Waals surface area contributed by atoms with Crippen molar-refractivity contribution in [3.05, 3.63) is 29.8 Å². The van der Waals surface area contributed by atoms with Gasteiger partial charge in [-0.3, -0.25) is 0 Å². The van der Waals surface area contributed by atoms with Crippen LogP contribution >= 0.6 is 0 Å². The molecule has 1 fully saturated rings. The van der Waals surface area contributed by atoms with Crippen molar-refractivity contribution in [1.82, 2.24) is 5.32 Å². The van der Waals surface area contributed by atoms with Gasteiger partial charge >= 0.3 is 0 Å². The lowest BCUT2D eigenvalue weighted by atomic mass is 9.80. The van der Waals surface area contributed by atoms with E-state index in [1.807, 2.05) is 12.1 Å². The molecule has 0 radical (unpaired) electrons. The number of ether oxygens (including phenoxy) is 1. The van der Waals surface area contributed by atoms with E-state index in [0.717, 1.165) is 31.4 Å². The van der Waals surface area contributed by atoms with Crippen molar-refractivity contribution in [2.24, 2.45) is 0 Å². The van der Waals surface area contributed by atoms with Crippen LogP contribution < -0.4 is 10.1 Å². The van der Waals surface area contributed by atoms with E-state index in [0.29, 0.717) is 12.6 Å². The van der Waals surface area contributed by atoms with Gasteiger partial charge in [0.25, 0.3) is 0 Å². The van der Waals surface area contributed by atoms with Gasteiger partial charge in [-0.2, -0.15) is 0 Å². The Balaban J connectivity index is 1.77. The maximum absolute atomic E-state index is 10.0. The smallest absolute Gasteiger partial charge is 0.118 e. The first-order valence-electron chi connectivity index (χ1n) is 6.70. The molecule has 1 aliphatic rings. The monoisotopic (exact) mass is 249 g/mol. The van der Waals surface area contributed by atoms with Crippen molar-refractivity contribution in [2.45, 2.75) is 44.2 Å². The second-order valence-electron chi connectivity index (χ2n) is 5.41. The van der Waals surface area contributed by atoms with Crippen LogP contribution in [0.5, 0.6) is 5.75 Å². The minimum absolute atomic E-state index is 0.378. The Labute approximate surface area is 109 Å². The first-order chi connectivity index (χ1) is 8.61. The minimum atomic E-state index is -0.436. The van der Waals surface area contributed by atoms with Gasteiger partial charge in [-0.25, -0.2) is 0 Å². The number of aliphatic hydroxyl groups is 1. The van der Waals surface area contributed by atoms with Crippen LogP contribution in [0.1, 0.15) is 31.7 Å². The standard InChI is InChI=1S/C15H23NO2/c1-12(16-11-15(17)8-3-9-15)10-13-4-6-14(18-2)7-5-13/h4-7,12,16-17H,3,8-11H2,1-2H3. The van der Waals surface area contributed by atoms with Gasteiger partial charge in [-0.1, -0.05) is 12.1 Å². The summed E-state index contributed by atoms with van der Waals surface area (Å²) in [6.45, 7) is 2.87. The zero-order valence-electron chi connectivity index (χ0n) is 11.3. The van der Waals surface area contributed by atoms with E-state index in [-0.39, 0.29) is 0 Å². The third-order valence-corrected chi connectivity index (χ3v) is 3.76. The summed E-state index contributed by atoms with van der Waals surface area (Å²) in [5, 5.41) is 13.4. The van der Waals surface area contributed by atoms with Crippen molar-refractivity contribution >= 4 is 0 Å². The first-order valence-corrected chi connectivity index (χ1v) is 6.70. The highest BCUT2D eigenvalue weighted by Crippen LogP contribution is 2.30. The largest absolute Gasteiger partial charge is 0.497 e. The molecule has 100 valence electrons. The summed E-state index contributed by atoms with van der Waals surface area (Å²) in [7, 11) is 1.68. The molecule has 1 unspecified atom stereocenters. The lowest BCUT2D eigenvalue weighted by Gasteiger charge is -2.37. The third-order valence-electron chi connectivity index (χ3n) is 3.76. The Kier molecular flexibility index (Phi) is 4.25. The van der Waals surface area contributed by atoms with Gasteiger partial charge in [-0.05, 0) is 50.3 Å².